The first kappa shape index (κ1) is 16.0. The van der Waals surface area contributed by atoms with Crippen LogP contribution in [0, 0.1) is 3.57 Å². The maximum Gasteiger partial charge on any atom is 0.0612 e. The van der Waals surface area contributed by atoms with Crippen LogP contribution in [0.2, 0.25) is 0 Å². The molecule has 1 aliphatic rings. The predicted molar refractivity (Wildman–Crippen MR) is 94.2 cm³/mol. The fraction of sp³-hybridized carbons (Fsp3) is 0.375. The number of halogens is 2. The summed E-state index contributed by atoms with van der Waals surface area (Å²) in [6.07, 6.45) is 3.70. The lowest BCUT2D eigenvalue weighted by molar-refractivity contribution is -0.176. The van der Waals surface area contributed by atoms with Crippen molar-refractivity contribution < 1.29 is 4.84 Å². The maximum absolute atomic E-state index is 5.56. The molecule has 1 saturated heterocycles. The van der Waals surface area contributed by atoms with Crippen LogP contribution in [0.5, 0.6) is 0 Å². The molecule has 1 fully saturated rings. The van der Waals surface area contributed by atoms with Gasteiger partial charge in [0, 0.05) is 10.1 Å². The minimum Gasteiger partial charge on any atom is -0.302 e. The number of hydroxylamine groups is 2. The van der Waals surface area contributed by atoms with Gasteiger partial charge in [-0.1, -0.05) is 42.8 Å². The normalized spacial score (nSPS) is 19.8. The molecular formula is C16H19ClINO. The Morgan fingerprint density at radius 1 is 1.15 bits per heavy atom. The van der Waals surface area contributed by atoms with Gasteiger partial charge >= 0.3 is 0 Å². The first-order valence-corrected chi connectivity index (χ1v) is 7.87. The van der Waals surface area contributed by atoms with Gasteiger partial charge in [0.05, 0.1) is 13.2 Å². The molecule has 1 aliphatic heterocycles. The predicted octanol–water partition coefficient (Wildman–Crippen LogP) is 4.95. The molecule has 0 radical (unpaired) electrons. The highest BCUT2D eigenvalue weighted by Gasteiger charge is 2.26. The van der Waals surface area contributed by atoms with Crippen molar-refractivity contribution in [1.29, 1.82) is 0 Å². The second kappa shape index (κ2) is 7.07. The Morgan fingerprint density at radius 2 is 1.95 bits per heavy atom. The van der Waals surface area contributed by atoms with E-state index in [4.69, 9.17) is 4.84 Å². The second-order valence-corrected chi connectivity index (χ2v) is 6.10. The molecule has 0 bridgehead atoms. The molecule has 108 valence electrons. The number of rotatable bonds is 2. The molecule has 3 rings (SSSR count). The molecule has 20 heavy (non-hydrogen) atoms. The Bertz CT molecular complexity index is 590. The van der Waals surface area contributed by atoms with E-state index < -0.39 is 0 Å². The van der Waals surface area contributed by atoms with E-state index in [2.05, 4.69) is 64.1 Å². The van der Waals surface area contributed by atoms with E-state index in [1.54, 1.807) is 7.11 Å². The van der Waals surface area contributed by atoms with E-state index in [-0.39, 0.29) is 12.4 Å². The van der Waals surface area contributed by atoms with E-state index in [1.165, 1.54) is 39.2 Å². The molecule has 1 atom stereocenters. The summed E-state index contributed by atoms with van der Waals surface area (Å²) in [6, 6.07) is 13.5. The van der Waals surface area contributed by atoms with Crippen LogP contribution in [0.25, 0.3) is 10.8 Å². The van der Waals surface area contributed by atoms with Gasteiger partial charge in [-0.2, -0.15) is 5.06 Å². The van der Waals surface area contributed by atoms with Crippen molar-refractivity contribution in [2.45, 2.75) is 25.3 Å². The van der Waals surface area contributed by atoms with Crippen molar-refractivity contribution in [3.63, 3.8) is 0 Å². The Morgan fingerprint density at radius 3 is 2.75 bits per heavy atom. The lowest BCUT2D eigenvalue weighted by Gasteiger charge is -2.34. The molecule has 4 heteroatoms. The first-order chi connectivity index (χ1) is 9.31. The molecule has 2 aromatic rings. The fourth-order valence-corrected chi connectivity index (χ4v) is 3.97. The molecule has 0 saturated carbocycles. The lowest BCUT2D eigenvalue weighted by Crippen LogP contribution is -2.32. The standard InChI is InChI=1S/C16H18INO.ClH/c1-19-18-11-5-4-8-15(18)14-10-9-12-6-2-3-7-13(12)16(14)17;/h2-3,6-7,9-10,15H,4-5,8,11H2,1H3;1H. The van der Waals surface area contributed by atoms with Crippen molar-refractivity contribution >= 4 is 45.8 Å². The van der Waals surface area contributed by atoms with Crippen molar-refractivity contribution in [2.75, 3.05) is 13.7 Å². The molecule has 0 aromatic heterocycles. The van der Waals surface area contributed by atoms with Gasteiger partial charge in [-0.3, -0.25) is 0 Å². The number of piperidine rings is 1. The van der Waals surface area contributed by atoms with Crippen molar-refractivity contribution in [3.05, 3.63) is 45.5 Å². The molecule has 0 N–H and O–H groups in total. The summed E-state index contributed by atoms with van der Waals surface area (Å²) >= 11 is 2.49. The number of hydrogen-bond acceptors (Lipinski definition) is 2. The zero-order valence-corrected chi connectivity index (χ0v) is 14.5. The van der Waals surface area contributed by atoms with Gasteiger partial charge in [0.15, 0.2) is 0 Å². The summed E-state index contributed by atoms with van der Waals surface area (Å²) in [5.74, 6) is 0. The van der Waals surface area contributed by atoms with E-state index in [1.807, 2.05) is 0 Å². The lowest BCUT2D eigenvalue weighted by atomic mass is 9.95. The molecule has 2 nitrogen and oxygen atoms in total. The molecular weight excluding hydrogens is 385 g/mol. The summed E-state index contributed by atoms with van der Waals surface area (Å²) in [5, 5.41) is 4.80. The molecule has 2 aromatic carbocycles. The van der Waals surface area contributed by atoms with Crippen molar-refractivity contribution in [1.82, 2.24) is 5.06 Å². The van der Waals surface area contributed by atoms with Gasteiger partial charge in [-0.15, -0.1) is 12.4 Å². The summed E-state index contributed by atoms with van der Waals surface area (Å²) in [5.41, 5.74) is 1.40. The number of hydrogen-bond donors (Lipinski definition) is 0. The zero-order chi connectivity index (χ0) is 13.2. The minimum absolute atomic E-state index is 0. The van der Waals surface area contributed by atoms with Crippen LogP contribution in [-0.2, 0) is 4.84 Å². The average molecular weight is 404 g/mol. The Balaban J connectivity index is 0.00000147. The van der Waals surface area contributed by atoms with Crippen LogP contribution in [0.3, 0.4) is 0 Å². The fourth-order valence-electron chi connectivity index (χ4n) is 2.94. The topological polar surface area (TPSA) is 12.5 Å². The highest BCUT2D eigenvalue weighted by molar-refractivity contribution is 14.1. The van der Waals surface area contributed by atoms with Gasteiger partial charge in [-0.05, 0) is 51.8 Å². The minimum atomic E-state index is 0. The molecule has 1 heterocycles. The summed E-state index contributed by atoms with van der Waals surface area (Å²) in [4.78, 5) is 5.56. The van der Waals surface area contributed by atoms with Gasteiger partial charge in [0.1, 0.15) is 0 Å². The van der Waals surface area contributed by atoms with Crippen molar-refractivity contribution in [2.24, 2.45) is 0 Å². The SMILES string of the molecule is CON1CCCCC1c1ccc2ccccc2c1I.Cl. The van der Waals surface area contributed by atoms with E-state index in [9.17, 15) is 0 Å². The molecule has 0 amide bonds. The van der Waals surface area contributed by atoms with E-state index in [0.717, 1.165) is 6.54 Å². The first-order valence-electron chi connectivity index (χ1n) is 6.79. The van der Waals surface area contributed by atoms with Crippen LogP contribution in [0.15, 0.2) is 36.4 Å². The van der Waals surface area contributed by atoms with Crippen LogP contribution >= 0.6 is 35.0 Å². The smallest absolute Gasteiger partial charge is 0.0612 e. The largest absolute Gasteiger partial charge is 0.302 e. The molecule has 0 aliphatic carbocycles. The van der Waals surface area contributed by atoms with Gasteiger partial charge in [0.2, 0.25) is 0 Å². The Labute approximate surface area is 140 Å². The van der Waals surface area contributed by atoms with Crippen molar-refractivity contribution in [3.8, 4) is 0 Å². The highest BCUT2D eigenvalue weighted by atomic mass is 127. The average Bonchev–Trinajstić information content (AvgIpc) is 2.48. The third-order valence-electron chi connectivity index (χ3n) is 3.94. The number of fused-ring (bicyclic) bond motifs is 1. The Kier molecular flexibility index (Phi) is 5.66. The molecule has 1 unspecified atom stereocenters. The monoisotopic (exact) mass is 403 g/mol. The number of benzene rings is 2. The summed E-state index contributed by atoms with van der Waals surface area (Å²) in [6.45, 7) is 1.03. The van der Waals surface area contributed by atoms with Crippen LogP contribution < -0.4 is 0 Å². The zero-order valence-electron chi connectivity index (χ0n) is 11.5. The Hall–Kier alpha value is -0.360. The van der Waals surface area contributed by atoms with Crippen LogP contribution in [-0.4, -0.2) is 18.7 Å². The number of nitrogens with zero attached hydrogens (tertiary/aromatic N) is 1. The summed E-state index contributed by atoms with van der Waals surface area (Å²) < 4.78 is 1.37. The maximum atomic E-state index is 5.56. The second-order valence-electron chi connectivity index (χ2n) is 5.02. The highest BCUT2D eigenvalue weighted by Crippen LogP contribution is 2.36. The quantitative estimate of drug-likeness (QED) is 0.658. The van der Waals surface area contributed by atoms with Gasteiger partial charge < -0.3 is 4.84 Å². The van der Waals surface area contributed by atoms with Gasteiger partial charge in [-0.25, -0.2) is 0 Å². The summed E-state index contributed by atoms with van der Waals surface area (Å²) in [7, 11) is 1.78. The third kappa shape index (κ3) is 2.96. The molecule has 0 spiro atoms. The van der Waals surface area contributed by atoms with E-state index >= 15 is 0 Å². The third-order valence-corrected chi connectivity index (χ3v) is 5.14. The van der Waals surface area contributed by atoms with E-state index in [0.29, 0.717) is 6.04 Å². The van der Waals surface area contributed by atoms with Crippen LogP contribution in [0.1, 0.15) is 30.9 Å². The van der Waals surface area contributed by atoms with Crippen LogP contribution in [0.4, 0.5) is 0 Å². The van der Waals surface area contributed by atoms with Gasteiger partial charge in [0.25, 0.3) is 0 Å².